The molecule has 0 unspecified atom stereocenters. The van der Waals surface area contributed by atoms with Crippen LogP contribution in [0.15, 0.2) is 22.9 Å². The minimum Gasteiger partial charge on any atom is -0.335 e. The first-order chi connectivity index (χ1) is 8.24. The monoisotopic (exact) mass is 297 g/mol. The van der Waals surface area contributed by atoms with Crippen molar-refractivity contribution in [1.82, 2.24) is 10.3 Å². The van der Waals surface area contributed by atoms with Gasteiger partial charge in [0, 0.05) is 6.04 Å². The number of hydrogen-bond donors (Lipinski definition) is 2. The zero-order valence-electron chi connectivity index (χ0n) is 9.58. The highest BCUT2D eigenvalue weighted by molar-refractivity contribution is 9.10. The molecule has 17 heavy (non-hydrogen) atoms. The van der Waals surface area contributed by atoms with E-state index in [0.29, 0.717) is 11.7 Å². The van der Waals surface area contributed by atoms with Gasteiger partial charge in [0.2, 0.25) is 0 Å². The maximum atomic E-state index is 11.7. The smallest absolute Gasteiger partial charge is 0.319 e. The summed E-state index contributed by atoms with van der Waals surface area (Å²) < 4.78 is 0.760. The van der Waals surface area contributed by atoms with Crippen LogP contribution >= 0.6 is 15.9 Å². The van der Waals surface area contributed by atoms with E-state index in [1.807, 2.05) is 6.07 Å². The largest absolute Gasteiger partial charge is 0.335 e. The summed E-state index contributed by atoms with van der Waals surface area (Å²) in [6.07, 6.45) is 7.52. The Hall–Kier alpha value is -1.10. The molecule has 0 atom stereocenters. The summed E-state index contributed by atoms with van der Waals surface area (Å²) in [5.74, 6) is 0. The molecule has 1 aromatic heterocycles. The van der Waals surface area contributed by atoms with E-state index in [9.17, 15) is 4.79 Å². The normalized spacial score (nSPS) is 16.5. The summed E-state index contributed by atoms with van der Waals surface area (Å²) in [7, 11) is 0. The van der Waals surface area contributed by atoms with Crippen molar-refractivity contribution in [3.63, 3.8) is 0 Å². The Morgan fingerprint density at radius 1 is 1.29 bits per heavy atom. The maximum absolute atomic E-state index is 11.7. The lowest BCUT2D eigenvalue weighted by Crippen LogP contribution is -2.39. The van der Waals surface area contributed by atoms with Crippen LogP contribution in [0.2, 0.25) is 0 Å². The minimum atomic E-state index is -0.138. The Labute approximate surface area is 109 Å². The van der Waals surface area contributed by atoms with Gasteiger partial charge in [0.15, 0.2) is 0 Å². The van der Waals surface area contributed by atoms with Crippen LogP contribution in [0, 0.1) is 0 Å². The molecule has 1 heterocycles. The highest BCUT2D eigenvalue weighted by Gasteiger charge is 2.15. The molecule has 4 nitrogen and oxygen atoms in total. The van der Waals surface area contributed by atoms with Crippen molar-refractivity contribution in [3.05, 3.63) is 22.9 Å². The molecule has 5 heteroatoms. The second kappa shape index (κ2) is 6.00. The summed E-state index contributed by atoms with van der Waals surface area (Å²) in [5, 5.41) is 5.78. The van der Waals surface area contributed by atoms with E-state index in [0.717, 1.165) is 17.4 Å². The summed E-state index contributed by atoms with van der Waals surface area (Å²) in [6.45, 7) is 0. The van der Waals surface area contributed by atoms with Crippen LogP contribution in [0.5, 0.6) is 0 Å². The molecule has 2 amide bonds. The van der Waals surface area contributed by atoms with Gasteiger partial charge in [-0.3, -0.25) is 0 Å². The molecule has 0 saturated heterocycles. The molecule has 1 aliphatic rings. The van der Waals surface area contributed by atoms with Gasteiger partial charge < -0.3 is 10.6 Å². The molecule has 0 aromatic carbocycles. The Morgan fingerprint density at radius 3 is 2.71 bits per heavy atom. The summed E-state index contributed by atoms with van der Waals surface area (Å²) in [5.41, 5.74) is 0.710. The van der Waals surface area contributed by atoms with Crippen molar-refractivity contribution >= 4 is 27.6 Å². The molecule has 1 saturated carbocycles. The average molecular weight is 298 g/mol. The quantitative estimate of drug-likeness (QED) is 0.823. The standard InChI is InChI=1S/C12H16BrN3O/c13-11-7-6-10(8-14-11)16-12(17)15-9-4-2-1-3-5-9/h6-9H,1-5H2,(H2,15,16,17). The summed E-state index contributed by atoms with van der Waals surface area (Å²) in [4.78, 5) is 15.8. The third-order valence-electron chi connectivity index (χ3n) is 2.93. The van der Waals surface area contributed by atoms with Gasteiger partial charge in [-0.05, 0) is 40.9 Å². The Kier molecular flexibility index (Phi) is 4.36. The Balaban J connectivity index is 1.82. The molecule has 1 aliphatic carbocycles. The number of carbonyl (C=O) groups excluding carboxylic acids is 1. The van der Waals surface area contributed by atoms with Gasteiger partial charge >= 0.3 is 6.03 Å². The lowest BCUT2D eigenvalue weighted by molar-refractivity contribution is 0.244. The molecule has 1 fully saturated rings. The van der Waals surface area contributed by atoms with Crippen LogP contribution in [0.4, 0.5) is 10.5 Å². The number of nitrogens with zero attached hydrogens (tertiary/aromatic N) is 1. The molecule has 0 spiro atoms. The molecule has 2 rings (SSSR count). The predicted octanol–water partition coefficient (Wildman–Crippen LogP) is 3.30. The van der Waals surface area contributed by atoms with Gasteiger partial charge in [0.1, 0.15) is 4.60 Å². The number of pyridine rings is 1. The topological polar surface area (TPSA) is 54.0 Å². The third-order valence-corrected chi connectivity index (χ3v) is 3.39. The van der Waals surface area contributed by atoms with Crippen molar-refractivity contribution in [3.8, 4) is 0 Å². The first-order valence-corrected chi connectivity index (χ1v) is 6.72. The number of rotatable bonds is 2. The fraction of sp³-hybridized carbons (Fsp3) is 0.500. The highest BCUT2D eigenvalue weighted by atomic mass is 79.9. The fourth-order valence-corrected chi connectivity index (χ4v) is 2.28. The molecular formula is C12H16BrN3O. The second-order valence-electron chi connectivity index (χ2n) is 4.30. The molecular weight excluding hydrogens is 282 g/mol. The lowest BCUT2D eigenvalue weighted by atomic mass is 9.96. The second-order valence-corrected chi connectivity index (χ2v) is 5.12. The molecule has 2 N–H and O–H groups in total. The number of aromatic nitrogens is 1. The van der Waals surface area contributed by atoms with Gasteiger partial charge in [-0.1, -0.05) is 19.3 Å². The van der Waals surface area contributed by atoms with Crippen LogP contribution < -0.4 is 10.6 Å². The first-order valence-electron chi connectivity index (χ1n) is 5.93. The maximum Gasteiger partial charge on any atom is 0.319 e. The lowest BCUT2D eigenvalue weighted by Gasteiger charge is -2.22. The third kappa shape index (κ3) is 4.00. The van der Waals surface area contributed by atoms with Gasteiger partial charge in [0.25, 0.3) is 0 Å². The first kappa shape index (κ1) is 12.4. The van der Waals surface area contributed by atoms with Crippen LogP contribution in [-0.4, -0.2) is 17.1 Å². The van der Waals surface area contributed by atoms with E-state index in [2.05, 4.69) is 31.5 Å². The number of carbonyl (C=O) groups is 1. The van der Waals surface area contributed by atoms with Crippen LogP contribution in [0.1, 0.15) is 32.1 Å². The van der Waals surface area contributed by atoms with Crippen molar-refractivity contribution in [1.29, 1.82) is 0 Å². The molecule has 92 valence electrons. The van der Waals surface area contributed by atoms with Crippen molar-refractivity contribution < 1.29 is 4.79 Å². The fourth-order valence-electron chi connectivity index (χ4n) is 2.05. The van der Waals surface area contributed by atoms with Crippen LogP contribution in [-0.2, 0) is 0 Å². The Bertz CT molecular complexity index is 374. The molecule has 0 radical (unpaired) electrons. The van der Waals surface area contributed by atoms with Gasteiger partial charge in [-0.2, -0.15) is 0 Å². The predicted molar refractivity (Wildman–Crippen MR) is 71.0 cm³/mol. The zero-order valence-corrected chi connectivity index (χ0v) is 11.2. The zero-order chi connectivity index (χ0) is 12.1. The van der Waals surface area contributed by atoms with Crippen molar-refractivity contribution in [2.24, 2.45) is 0 Å². The molecule has 0 bridgehead atoms. The molecule has 1 aromatic rings. The van der Waals surface area contributed by atoms with E-state index in [-0.39, 0.29) is 6.03 Å². The SMILES string of the molecule is O=C(Nc1ccc(Br)nc1)NC1CCCCC1. The van der Waals surface area contributed by atoms with Gasteiger partial charge in [-0.15, -0.1) is 0 Å². The van der Waals surface area contributed by atoms with Crippen molar-refractivity contribution in [2.45, 2.75) is 38.1 Å². The summed E-state index contributed by atoms with van der Waals surface area (Å²) >= 11 is 3.25. The number of anilines is 1. The van der Waals surface area contributed by atoms with Gasteiger partial charge in [-0.25, -0.2) is 9.78 Å². The average Bonchev–Trinajstić information content (AvgIpc) is 2.33. The van der Waals surface area contributed by atoms with Crippen LogP contribution in [0.3, 0.4) is 0 Å². The number of amides is 2. The van der Waals surface area contributed by atoms with E-state index in [1.165, 1.54) is 19.3 Å². The minimum absolute atomic E-state index is 0.138. The number of hydrogen-bond acceptors (Lipinski definition) is 2. The Morgan fingerprint density at radius 2 is 2.06 bits per heavy atom. The van der Waals surface area contributed by atoms with E-state index >= 15 is 0 Å². The molecule has 0 aliphatic heterocycles. The van der Waals surface area contributed by atoms with Crippen LogP contribution in [0.25, 0.3) is 0 Å². The number of urea groups is 1. The van der Waals surface area contributed by atoms with E-state index < -0.39 is 0 Å². The number of halogens is 1. The van der Waals surface area contributed by atoms with E-state index in [1.54, 1.807) is 12.3 Å². The highest BCUT2D eigenvalue weighted by Crippen LogP contribution is 2.17. The summed E-state index contributed by atoms with van der Waals surface area (Å²) in [6, 6.07) is 3.81. The number of nitrogens with one attached hydrogen (secondary N) is 2. The van der Waals surface area contributed by atoms with Crippen molar-refractivity contribution in [2.75, 3.05) is 5.32 Å². The van der Waals surface area contributed by atoms with E-state index in [4.69, 9.17) is 0 Å². The van der Waals surface area contributed by atoms with Gasteiger partial charge in [0.05, 0.1) is 11.9 Å².